The van der Waals surface area contributed by atoms with E-state index in [9.17, 15) is 41.9 Å². The van der Waals surface area contributed by atoms with E-state index in [0.29, 0.717) is 8.61 Å². The zero-order valence-corrected chi connectivity index (χ0v) is 17.2. The Bertz CT molecular complexity index is 1160. The van der Waals surface area contributed by atoms with Crippen molar-refractivity contribution in [1.82, 2.24) is 8.61 Å². The highest BCUT2D eigenvalue weighted by atomic mass is 32.2. The third-order valence-electron chi connectivity index (χ3n) is 4.39. The second kappa shape index (κ2) is 8.10. The fourth-order valence-corrected chi connectivity index (χ4v) is 5.66. The van der Waals surface area contributed by atoms with E-state index in [0.717, 1.165) is 48.5 Å². The monoisotopic (exact) mass is 470 g/mol. The van der Waals surface area contributed by atoms with E-state index >= 15 is 0 Å². The minimum absolute atomic E-state index is 0.337. The van der Waals surface area contributed by atoms with Gasteiger partial charge in [0, 0.05) is 24.3 Å². The van der Waals surface area contributed by atoms with E-state index in [1.54, 1.807) is 0 Å². The van der Waals surface area contributed by atoms with Crippen molar-refractivity contribution in [2.75, 3.05) is 19.8 Å². The molecular formula is C16H14N4O9S2. The first-order valence-corrected chi connectivity index (χ1v) is 11.3. The number of nitrogens with zero attached hydrogens (tertiary/aromatic N) is 4. The molecule has 0 saturated carbocycles. The molecule has 0 bridgehead atoms. The number of hydrogen-bond donors (Lipinski definition) is 0. The summed E-state index contributed by atoms with van der Waals surface area (Å²) in [6.07, 6.45) is 0. The summed E-state index contributed by atoms with van der Waals surface area (Å²) in [6.45, 7) is -1.83. The SMILES string of the molecule is O=C1CN(S(=O)(=O)c2ccc([N+](=O)[O-])cc2)CN(S(=O)(=O)c2ccc([N+](=O)[O-])cc2)C1. The summed E-state index contributed by atoms with van der Waals surface area (Å²) in [5, 5.41) is 21.5. The number of ketones is 1. The second-order valence-corrected chi connectivity index (χ2v) is 10.3. The number of carbonyl (C=O) groups excluding carboxylic acids is 1. The molecule has 1 aliphatic rings. The fraction of sp³-hybridized carbons (Fsp3) is 0.188. The molecular weight excluding hydrogens is 456 g/mol. The van der Waals surface area contributed by atoms with Crippen molar-refractivity contribution in [3.63, 3.8) is 0 Å². The lowest BCUT2D eigenvalue weighted by molar-refractivity contribution is -0.385. The summed E-state index contributed by atoms with van der Waals surface area (Å²) < 4.78 is 52.7. The Hall–Kier alpha value is -3.27. The maximum absolute atomic E-state index is 12.8. The van der Waals surface area contributed by atoms with Gasteiger partial charge in [0.05, 0.1) is 39.4 Å². The van der Waals surface area contributed by atoms with Crippen LogP contribution in [0.1, 0.15) is 0 Å². The van der Waals surface area contributed by atoms with Gasteiger partial charge in [-0.15, -0.1) is 0 Å². The molecule has 2 aromatic carbocycles. The van der Waals surface area contributed by atoms with Crippen LogP contribution in [0, 0.1) is 20.2 Å². The molecule has 0 atom stereocenters. The molecule has 13 nitrogen and oxygen atoms in total. The molecule has 31 heavy (non-hydrogen) atoms. The number of sulfonamides is 2. The summed E-state index contributed by atoms with van der Waals surface area (Å²) in [5.41, 5.74) is -0.674. The Morgan fingerprint density at radius 3 is 1.29 bits per heavy atom. The molecule has 15 heteroatoms. The highest BCUT2D eigenvalue weighted by molar-refractivity contribution is 7.90. The lowest BCUT2D eigenvalue weighted by Gasteiger charge is -2.33. The average molecular weight is 470 g/mol. The number of nitro groups is 2. The molecule has 1 saturated heterocycles. The number of rotatable bonds is 6. The molecule has 164 valence electrons. The zero-order valence-electron chi connectivity index (χ0n) is 15.5. The van der Waals surface area contributed by atoms with Gasteiger partial charge in [-0.3, -0.25) is 25.0 Å². The first-order chi connectivity index (χ1) is 14.4. The topological polar surface area (TPSA) is 178 Å². The third-order valence-corrected chi connectivity index (χ3v) is 7.98. The molecule has 1 aliphatic heterocycles. The molecule has 1 heterocycles. The van der Waals surface area contributed by atoms with Gasteiger partial charge in [0.2, 0.25) is 20.0 Å². The Labute approximate surface area is 175 Å². The van der Waals surface area contributed by atoms with Crippen LogP contribution in [0.25, 0.3) is 0 Å². The highest BCUT2D eigenvalue weighted by Gasteiger charge is 2.38. The quantitative estimate of drug-likeness (QED) is 0.434. The third kappa shape index (κ3) is 4.43. The van der Waals surface area contributed by atoms with Crippen LogP contribution in [-0.2, 0) is 24.8 Å². The predicted octanol–water partition coefficient (Wildman–Crippen LogP) is 0.725. The largest absolute Gasteiger partial charge is 0.297 e. The fourth-order valence-electron chi connectivity index (χ4n) is 2.82. The number of Topliss-reactive ketones (excluding diaryl/α,β-unsaturated/α-hetero) is 1. The van der Waals surface area contributed by atoms with Crippen molar-refractivity contribution in [3.8, 4) is 0 Å². The van der Waals surface area contributed by atoms with Crippen LogP contribution in [-0.4, -0.2) is 60.8 Å². The maximum Gasteiger partial charge on any atom is 0.269 e. The van der Waals surface area contributed by atoms with Crippen molar-refractivity contribution in [2.24, 2.45) is 0 Å². The number of nitro benzene ring substituents is 2. The molecule has 0 amide bonds. The number of non-ortho nitro benzene ring substituents is 2. The van der Waals surface area contributed by atoms with Crippen molar-refractivity contribution < 1.29 is 31.5 Å². The number of carbonyl (C=O) groups is 1. The summed E-state index contributed by atoms with van der Waals surface area (Å²) in [7, 11) is -8.67. The standard InChI is InChI=1S/C16H14N4O9S2/c21-14-9-17(30(26,27)15-5-1-12(2-6-15)19(22)23)11-18(10-14)31(28,29)16-7-3-13(4-8-16)20(24)25/h1-8H,9-11H2. The molecule has 1 fully saturated rings. The van der Waals surface area contributed by atoms with E-state index in [2.05, 4.69) is 0 Å². The molecule has 2 aromatic rings. The molecule has 0 aliphatic carbocycles. The summed E-state index contributed by atoms with van der Waals surface area (Å²) in [5.74, 6) is -0.692. The first-order valence-electron chi connectivity index (χ1n) is 8.44. The van der Waals surface area contributed by atoms with E-state index < -0.39 is 55.4 Å². The van der Waals surface area contributed by atoms with Gasteiger partial charge >= 0.3 is 0 Å². The van der Waals surface area contributed by atoms with Gasteiger partial charge in [-0.05, 0) is 24.3 Å². The smallest absolute Gasteiger partial charge is 0.269 e. The summed E-state index contributed by atoms with van der Waals surface area (Å²) in [6, 6.07) is 7.86. The number of benzene rings is 2. The molecule has 0 spiro atoms. The molecule has 0 N–H and O–H groups in total. The van der Waals surface area contributed by atoms with Crippen LogP contribution in [0.2, 0.25) is 0 Å². The van der Waals surface area contributed by atoms with E-state index in [-0.39, 0.29) is 21.2 Å². The van der Waals surface area contributed by atoms with Crippen LogP contribution >= 0.6 is 0 Å². The van der Waals surface area contributed by atoms with Crippen molar-refractivity contribution in [3.05, 3.63) is 68.8 Å². The minimum atomic E-state index is -4.34. The lowest BCUT2D eigenvalue weighted by atomic mass is 10.3. The highest BCUT2D eigenvalue weighted by Crippen LogP contribution is 2.25. The minimum Gasteiger partial charge on any atom is -0.297 e. The molecule has 3 rings (SSSR count). The van der Waals surface area contributed by atoms with Gasteiger partial charge in [0.15, 0.2) is 5.78 Å². The zero-order chi connectivity index (χ0) is 23.0. The summed E-state index contributed by atoms with van der Waals surface area (Å²) in [4.78, 5) is 31.5. The van der Waals surface area contributed by atoms with Gasteiger partial charge in [0.25, 0.3) is 11.4 Å². The van der Waals surface area contributed by atoms with Crippen molar-refractivity contribution in [1.29, 1.82) is 0 Å². The molecule has 0 radical (unpaired) electrons. The van der Waals surface area contributed by atoms with Gasteiger partial charge < -0.3 is 0 Å². The Morgan fingerprint density at radius 2 is 1.00 bits per heavy atom. The van der Waals surface area contributed by atoms with Crippen molar-refractivity contribution in [2.45, 2.75) is 9.79 Å². The van der Waals surface area contributed by atoms with Crippen LogP contribution in [0.5, 0.6) is 0 Å². The van der Waals surface area contributed by atoms with Crippen LogP contribution < -0.4 is 0 Å². The average Bonchev–Trinajstić information content (AvgIpc) is 2.73. The van der Waals surface area contributed by atoms with E-state index in [4.69, 9.17) is 0 Å². The van der Waals surface area contributed by atoms with Gasteiger partial charge in [-0.25, -0.2) is 16.8 Å². The van der Waals surface area contributed by atoms with Crippen LogP contribution in [0.4, 0.5) is 11.4 Å². The van der Waals surface area contributed by atoms with Crippen LogP contribution in [0.15, 0.2) is 58.3 Å². The van der Waals surface area contributed by atoms with E-state index in [1.165, 1.54) is 0 Å². The Balaban J connectivity index is 1.90. The Kier molecular flexibility index (Phi) is 5.86. The Morgan fingerprint density at radius 1 is 0.677 bits per heavy atom. The van der Waals surface area contributed by atoms with Gasteiger partial charge in [0.1, 0.15) is 0 Å². The summed E-state index contributed by atoms with van der Waals surface area (Å²) >= 11 is 0. The first kappa shape index (κ1) is 22.4. The molecule has 0 aromatic heterocycles. The predicted molar refractivity (Wildman–Crippen MR) is 104 cm³/mol. The van der Waals surface area contributed by atoms with E-state index in [1.807, 2.05) is 0 Å². The van der Waals surface area contributed by atoms with Gasteiger partial charge in [-0.1, -0.05) is 0 Å². The second-order valence-electron chi connectivity index (χ2n) is 6.41. The van der Waals surface area contributed by atoms with Crippen molar-refractivity contribution >= 4 is 37.2 Å². The maximum atomic E-state index is 12.8. The normalized spacial score (nSPS) is 16.2. The number of hydrogen-bond acceptors (Lipinski definition) is 9. The lowest BCUT2D eigenvalue weighted by Crippen LogP contribution is -2.53. The van der Waals surface area contributed by atoms with Crippen LogP contribution in [0.3, 0.4) is 0 Å². The molecule has 0 unspecified atom stereocenters. The van der Waals surface area contributed by atoms with Gasteiger partial charge in [-0.2, -0.15) is 8.61 Å².